The summed E-state index contributed by atoms with van der Waals surface area (Å²) in [5, 5.41) is 21.0. The molecule has 2 bridgehead atoms. The molecule has 5 heteroatoms. The summed E-state index contributed by atoms with van der Waals surface area (Å²) in [7, 11) is 0. The summed E-state index contributed by atoms with van der Waals surface area (Å²) in [4.78, 5) is 18.3. The lowest BCUT2D eigenvalue weighted by atomic mass is 9.84. The quantitative estimate of drug-likeness (QED) is 0.517. The molecule has 2 aliphatic heterocycles. The van der Waals surface area contributed by atoms with Crippen molar-refractivity contribution in [2.75, 3.05) is 19.6 Å². The summed E-state index contributed by atoms with van der Waals surface area (Å²) in [5.41, 5.74) is 1.27. The summed E-state index contributed by atoms with van der Waals surface area (Å²) in [6, 6.07) is 8.96. The van der Waals surface area contributed by atoms with E-state index >= 15 is 0 Å². The standard InChI is InChI=1S/C30H46N2O3/c33-28-13-7-12-24(20-28)25-18-26-14-15-27(19-25)32(26)17-16-31(21-22-8-3-1-4-9-22)30(35)29(34)23-10-5-2-6-11-23/h7,12-13,20,22-23,25-27,29,33-34H,1-6,8-11,14-19,21H2/t25-,26+,27-,29-/m0/s1. The van der Waals surface area contributed by atoms with E-state index in [0.29, 0.717) is 29.7 Å². The Labute approximate surface area is 211 Å². The van der Waals surface area contributed by atoms with Crippen molar-refractivity contribution >= 4 is 5.91 Å². The van der Waals surface area contributed by atoms with Gasteiger partial charge in [-0.05, 0) is 86.8 Å². The lowest BCUT2D eigenvalue weighted by molar-refractivity contribution is -0.145. The van der Waals surface area contributed by atoms with Gasteiger partial charge in [0.1, 0.15) is 11.9 Å². The Morgan fingerprint density at radius 1 is 0.943 bits per heavy atom. The minimum atomic E-state index is -0.813. The van der Waals surface area contributed by atoms with E-state index in [-0.39, 0.29) is 11.8 Å². The molecule has 2 saturated heterocycles. The van der Waals surface area contributed by atoms with Crippen LogP contribution in [0, 0.1) is 11.8 Å². The summed E-state index contributed by atoms with van der Waals surface area (Å²) in [5.74, 6) is 1.64. The minimum absolute atomic E-state index is 0.00414. The number of aliphatic hydroxyl groups is 1. The van der Waals surface area contributed by atoms with Crippen molar-refractivity contribution in [3.63, 3.8) is 0 Å². The largest absolute Gasteiger partial charge is 0.508 e. The van der Waals surface area contributed by atoms with E-state index in [4.69, 9.17) is 0 Å². The molecule has 2 heterocycles. The lowest BCUT2D eigenvalue weighted by Gasteiger charge is -2.41. The van der Waals surface area contributed by atoms with Crippen LogP contribution in [0.3, 0.4) is 0 Å². The number of rotatable bonds is 8. The lowest BCUT2D eigenvalue weighted by Crippen LogP contribution is -2.50. The number of amides is 1. The number of hydrogen-bond donors (Lipinski definition) is 2. The molecule has 0 aromatic heterocycles. The van der Waals surface area contributed by atoms with Gasteiger partial charge >= 0.3 is 0 Å². The highest BCUT2D eigenvalue weighted by Gasteiger charge is 2.41. The van der Waals surface area contributed by atoms with Crippen LogP contribution in [0.2, 0.25) is 0 Å². The maximum absolute atomic E-state index is 13.6. The molecule has 0 radical (unpaired) electrons. The zero-order valence-electron chi connectivity index (χ0n) is 21.5. The van der Waals surface area contributed by atoms with Gasteiger partial charge in [-0.1, -0.05) is 50.7 Å². The van der Waals surface area contributed by atoms with Crippen LogP contribution >= 0.6 is 0 Å². The van der Waals surface area contributed by atoms with Crippen LogP contribution in [0.5, 0.6) is 5.75 Å². The highest BCUT2D eigenvalue weighted by atomic mass is 16.3. The molecule has 4 aliphatic rings. The van der Waals surface area contributed by atoms with E-state index < -0.39 is 6.10 Å². The van der Waals surface area contributed by atoms with Crippen molar-refractivity contribution in [2.45, 2.75) is 114 Å². The normalized spacial score (nSPS) is 29.2. The van der Waals surface area contributed by atoms with Gasteiger partial charge in [0, 0.05) is 31.7 Å². The first-order valence-electron chi connectivity index (χ1n) is 14.6. The first-order chi connectivity index (χ1) is 17.1. The number of hydrogen-bond acceptors (Lipinski definition) is 4. The number of benzene rings is 1. The molecular weight excluding hydrogens is 436 g/mol. The summed E-state index contributed by atoms with van der Waals surface area (Å²) in [6.07, 6.45) is 15.8. The molecule has 2 N–H and O–H groups in total. The van der Waals surface area contributed by atoms with Gasteiger partial charge in [-0.15, -0.1) is 0 Å². The van der Waals surface area contributed by atoms with Gasteiger partial charge in [-0.3, -0.25) is 9.69 Å². The van der Waals surface area contributed by atoms with Crippen molar-refractivity contribution in [3.8, 4) is 5.75 Å². The maximum Gasteiger partial charge on any atom is 0.251 e. The SMILES string of the molecule is O=C([C@@H](O)C1CCCCC1)N(CCN1[C@@H]2CC[C@H]1C[C@@H](c1cccc(O)c1)C2)CC1CCCCC1. The fourth-order valence-electron chi connectivity index (χ4n) is 7.74. The topological polar surface area (TPSA) is 64.0 Å². The number of phenols is 1. The zero-order valence-corrected chi connectivity index (χ0v) is 21.5. The van der Waals surface area contributed by atoms with E-state index in [1.54, 1.807) is 6.07 Å². The molecule has 1 aromatic rings. The smallest absolute Gasteiger partial charge is 0.251 e. The van der Waals surface area contributed by atoms with Crippen molar-refractivity contribution in [2.24, 2.45) is 11.8 Å². The predicted molar refractivity (Wildman–Crippen MR) is 139 cm³/mol. The Hall–Kier alpha value is -1.59. The highest BCUT2D eigenvalue weighted by molar-refractivity contribution is 5.81. The summed E-state index contributed by atoms with van der Waals surface area (Å²) >= 11 is 0. The predicted octanol–water partition coefficient (Wildman–Crippen LogP) is 5.45. The van der Waals surface area contributed by atoms with Crippen LogP contribution in [-0.2, 0) is 4.79 Å². The van der Waals surface area contributed by atoms with Gasteiger partial charge in [0.05, 0.1) is 0 Å². The Bertz CT molecular complexity index is 819. The monoisotopic (exact) mass is 482 g/mol. The molecule has 0 spiro atoms. The number of nitrogens with zero attached hydrogens (tertiary/aromatic N) is 2. The van der Waals surface area contributed by atoms with Crippen LogP contribution in [-0.4, -0.2) is 63.7 Å². The van der Waals surface area contributed by atoms with Crippen molar-refractivity contribution < 1.29 is 15.0 Å². The molecule has 1 amide bonds. The molecule has 35 heavy (non-hydrogen) atoms. The molecule has 194 valence electrons. The van der Waals surface area contributed by atoms with Crippen LogP contribution < -0.4 is 0 Å². The Balaban J connectivity index is 1.22. The van der Waals surface area contributed by atoms with Crippen molar-refractivity contribution in [3.05, 3.63) is 29.8 Å². The Morgan fingerprint density at radius 3 is 2.26 bits per heavy atom. The average Bonchev–Trinajstić information content (AvgIpc) is 3.13. The van der Waals surface area contributed by atoms with E-state index in [2.05, 4.69) is 15.9 Å². The van der Waals surface area contributed by atoms with Crippen LogP contribution in [0.4, 0.5) is 0 Å². The number of fused-ring (bicyclic) bond motifs is 2. The van der Waals surface area contributed by atoms with E-state index in [1.165, 1.54) is 56.9 Å². The third-order valence-corrected chi connectivity index (χ3v) is 9.72. The molecule has 4 fully saturated rings. The van der Waals surface area contributed by atoms with Gasteiger partial charge in [0.2, 0.25) is 0 Å². The van der Waals surface area contributed by atoms with Gasteiger partial charge in [-0.2, -0.15) is 0 Å². The number of aromatic hydroxyl groups is 1. The number of phenolic OH excluding ortho intramolecular Hbond substituents is 1. The zero-order chi connectivity index (χ0) is 24.2. The molecule has 5 nitrogen and oxygen atoms in total. The minimum Gasteiger partial charge on any atom is -0.508 e. The molecule has 2 saturated carbocycles. The van der Waals surface area contributed by atoms with Crippen LogP contribution in [0.1, 0.15) is 101 Å². The molecule has 5 rings (SSSR count). The number of carbonyl (C=O) groups is 1. The summed E-state index contributed by atoms with van der Waals surface area (Å²) in [6.45, 7) is 2.51. The number of aliphatic hydroxyl groups excluding tert-OH is 1. The molecular formula is C30H46N2O3. The van der Waals surface area contributed by atoms with Crippen molar-refractivity contribution in [1.82, 2.24) is 9.80 Å². The first-order valence-corrected chi connectivity index (χ1v) is 14.6. The second-order valence-electron chi connectivity index (χ2n) is 12.0. The van der Waals surface area contributed by atoms with E-state index in [1.807, 2.05) is 12.1 Å². The third kappa shape index (κ3) is 6.05. The Kier molecular flexibility index (Phi) is 8.34. The second-order valence-corrected chi connectivity index (χ2v) is 12.0. The summed E-state index contributed by atoms with van der Waals surface area (Å²) < 4.78 is 0. The molecule has 1 aromatic carbocycles. The third-order valence-electron chi connectivity index (χ3n) is 9.72. The van der Waals surface area contributed by atoms with Gasteiger partial charge in [0.15, 0.2) is 0 Å². The van der Waals surface area contributed by atoms with Gasteiger partial charge in [0.25, 0.3) is 5.91 Å². The Morgan fingerprint density at radius 2 is 1.60 bits per heavy atom. The average molecular weight is 483 g/mol. The van der Waals surface area contributed by atoms with Crippen molar-refractivity contribution in [1.29, 1.82) is 0 Å². The van der Waals surface area contributed by atoms with Gasteiger partial charge < -0.3 is 15.1 Å². The van der Waals surface area contributed by atoms with Crippen LogP contribution in [0.15, 0.2) is 24.3 Å². The van der Waals surface area contributed by atoms with Crippen LogP contribution in [0.25, 0.3) is 0 Å². The fraction of sp³-hybridized carbons (Fsp3) is 0.767. The number of piperidine rings is 1. The molecule has 4 atom stereocenters. The fourth-order valence-corrected chi connectivity index (χ4v) is 7.74. The van der Waals surface area contributed by atoms with Gasteiger partial charge in [-0.25, -0.2) is 0 Å². The van der Waals surface area contributed by atoms with E-state index in [9.17, 15) is 15.0 Å². The van der Waals surface area contributed by atoms with E-state index in [0.717, 1.165) is 58.2 Å². The second kappa shape index (κ2) is 11.6. The molecule has 0 unspecified atom stereocenters. The first kappa shape index (κ1) is 25.1. The number of carbonyl (C=O) groups excluding carboxylic acids is 1. The highest BCUT2D eigenvalue weighted by Crippen LogP contribution is 2.43. The maximum atomic E-state index is 13.6. The molecule has 2 aliphatic carbocycles.